The predicted octanol–water partition coefficient (Wildman–Crippen LogP) is 3.94. The van der Waals surface area contributed by atoms with Crippen LogP contribution in [-0.2, 0) is 4.57 Å². The number of hydrogen-bond donors (Lipinski definition) is 2. The van der Waals surface area contributed by atoms with E-state index in [9.17, 15) is 14.4 Å². The minimum absolute atomic E-state index is 0.187. The van der Waals surface area contributed by atoms with Crippen LogP contribution in [0.1, 0.15) is 65.7 Å². The Balaban J connectivity index is 4.50. The highest BCUT2D eigenvalue weighted by Gasteiger charge is 2.33. The molecule has 2 N–H and O–H groups in total. The average molecular weight is 250 g/mol. The molecule has 0 saturated heterocycles. The fourth-order valence-corrected chi connectivity index (χ4v) is 3.65. The van der Waals surface area contributed by atoms with Crippen LogP contribution in [0.2, 0.25) is 0 Å². The number of unbranched alkanes of at least 4 members (excludes halogenated alkanes) is 2. The molecule has 0 aromatic heterocycles. The summed E-state index contributed by atoms with van der Waals surface area (Å²) < 4.78 is 11.5. The first-order chi connectivity index (χ1) is 7.47. The molecule has 4 heteroatoms. The van der Waals surface area contributed by atoms with E-state index in [1.165, 1.54) is 0 Å². The van der Waals surface area contributed by atoms with Gasteiger partial charge in [-0.15, -0.1) is 0 Å². The van der Waals surface area contributed by atoms with Crippen molar-refractivity contribution in [2.75, 3.05) is 0 Å². The minimum Gasteiger partial charge on any atom is -0.324 e. The summed E-state index contributed by atoms with van der Waals surface area (Å²) in [5, 5.41) is 0. The highest BCUT2D eigenvalue weighted by molar-refractivity contribution is 7.52. The van der Waals surface area contributed by atoms with Gasteiger partial charge >= 0.3 is 7.60 Å². The monoisotopic (exact) mass is 250 g/mol. The Morgan fingerprint density at radius 2 is 1.50 bits per heavy atom. The van der Waals surface area contributed by atoms with Crippen molar-refractivity contribution in [3.8, 4) is 0 Å². The molecule has 0 aliphatic rings. The fourth-order valence-electron chi connectivity index (χ4n) is 2.23. The lowest BCUT2D eigenvalue weighted by molar-refractivity contribution is 0.309. The van der Waals surface area contributed by atoms with Crippen molar-refractivity contribution in [2.45, 2.75) is 71.4 Å². The van der Waals surface area contributed by atoms with Gasteiger partial charge in [-0.1, -0.05) is 52.9 Å². The Bertz CT molecular complexity index is 212. The van der Waals surface area contributed by atoms with Gasteiger partial charge in [0, 0.05) is 0 Å². The third-order valence-corrected chi connectivity index (χ3v) is 4.83. The topological polar surface area (TPSA) is 57.5 Å². The molecule has 0 saturated carbocycles. The van der Waals surface area contributed by atoms with E-state index in [0.717, 1.165) is 38.5 Å². The lowest BCUT2D eigenvalue weighted by atomic mass is 9.92. The summed E-state index contributed by atoms with van der Waals surface area (Å²) in [5.41, 5.74) is -0.413. The van der Waals surface area contributed by atoms with Gasteiger partial charge < -0.3 is 9.79 Å². The fraction of sp³-hybridized carbons (Fsp3) is 1.00. The van der Waals surface area contributed by atoms with Gasteiger partial charge in [0.25, 0.3) is 0 Å². The smallest absolute Gasteiger partial charge is 0.324 e. The zero-order valence-corrected chi connectivity index (χ0v) is 11.7. The molecule has 3 nitrogen and oxygen atoms in total. The molecule has 0 bridgehead atoms. The van der Waals surface area contributed by atoms with E-state index in [1.54, 1.807) is 0 Å². The van der Waals surface area contributed by atoms with Crippen LogP contribution in [-0.4, -0.2) is 15.4 Å². The predicted molar refractivity (Wildman–Crippen MR) is 68.7 cm³/mol. The Morgan fingerprint density at radius 3 is 1.88 bits per heavy atom. The minimum atomic E-state index is -3.92. The molecule has 0 aliphatic carbocycles. The van der Waals surface area contributed by atoms with Gasteiger partial charge in [-0.05, 0) is 18.8 Å². The first-order valence-electron chi connectivity index (χ1n) is 6.52. The zero-order valence-electron chi connectivity index (χ0n) is 10.9. The molecule has 0 aromatic carbocycles. The van der Waals surface area contributed by atoms with Gasteiger partial charge in [0.15, 0.2) is 0 Å². The molecule has 0 aliphatic heterocycles. The maximum Gasteiger partial charge on any atom is 0.328 e. The van der Waals surface area contributed by atoms with E-state index in [2.05, 4.69) is 13.8 Å². The van der Waals surface area contributed by atoms with Crippen molar-refractivity contribution in [2.24, 2.45) is 5.92 Å². The normalized spacial score (nSPS) is 16.1. The molecule has 0 amide bonds. The summed E-state index contributed by atoms with van der Waals surface area (Å²) in [6, 6.07) is 0. The average Bonchev–Trinajstić information content (AvgIpc) is 2.21. The van der Waals surface area contributed by atoms with E-state index < -0.39 is 13.3 Å². The first kappa shape index (κ1) is 16.1. The van der Waals surface area contributed by atoms with Gasteiger partial charge in [0.05, 0.1) is 5.66 Å². The SMILES string of the molecule is CCCCC(CC)C(CCCC)P(=O)(O)O. The molecule has 16 heavy (non-hydrogen) atoms. The van der Waals surface area contributed by atoms with Crippen LogP contribution in [0.3, 0.4) is 0 Å². The van der Waals surface area contributed by atoms with Gasteiger partial charge in [-0.2, -0.15) is 0 Å². The molecule has 0 spiro atoms. The van der Waals surface area contributed by atoms with E-state index in [1.807, 2.05) is 6.92 Å². The number of hydrogen-bond acceptors (Lipinski definition) is 1. The third kappa shape index (κ3) is 6.03. The van der Waals surface area contributed by atoms with E-state index in [0.29, 0.717) is 6.42 Å². The van der Waals surface area contributed by atoms with E-state index in [4.69, 9.17) is 0 Å². The van der Waals surface area contributed by atoms with Crippen molar-refractivity contribution in [1.82, 2.24) is 0 Å². The van der Waals surface area contributed by atoms with Crippen molar-refractivity contribution in [3.63, 3.8) is 0 Å². The standard InChI is InChI=1S/C12H27O3P/c1-4-7-9-11(6-3)12(10-8-5-2)16(13,14)15/h11-12H,4-10H2,1-3H3,(H2,13,14,15). The van der Waals surface area contributed by atoms with Crippen LogP contribution in [0.25, 0.3) is 0 Å². The van der Waals surface area contributed by atoms with Crippen LogP contribution in [0, 0.1) is 5.92 Å². The molecule has 0 aromatic rings. The van der Waals surface area contributed by atoms with E-state index >= 15 is 0 Å². The first-order valence-corrected chi connectivity index (χ1v) is 8.20. The van der Waals surface area contributed by atoms with Crippen LogP contribution >= 0.6 is 7.60 Å². The lowest BCUT2D eigenvalue weighted by Crippen LogP contribution is -2.20. The van der Waals surface area contributed by atoms with Gasteiger partial charge in [-0.25, -0.2) is 0 Å². The highest BCUT2D eigenvalue weighted by atomic mass is 31.2. The Hall–Kier alpha value is 0.150. The van der Waals surface area contributed by atoms with E-state index in [-0.39, 0.29) is 5.92 Å². The molecule has 2 unspecified atom stereocenters. The zero-order chi connectivity index (χ0) is 12.6. The van der Waals surface area contributed by atoms with Crippen molar-refractivity contribution in [1.29, 1.82) is 0 Å². The van der Waals surface area contributed by atoms with Crippen molar-refractivity contribution in [3.05, 3.63) is 0 Å². The second kappa shape index (κ2) is 8.27. The third-order valence-electron chi connectivity index (χ3n) is 3.28. The van der Waals surface area contributed by atoms with Gasteiger partial charge in [-0.3, -0.25) is 4.57 Å². The van der Waals surface area contributed by atoms with Crippen LogP contribution in [0.15, 0.2) is 0 Å². The van der Waals surface area contributed by atoms with Gasteiger partial charge in [0.1, 0.15) is 0 Å². The Kier molecular flexibility index (Phi) is 8.35. The molecule has 0 fully saturated rings. The molecule has 98 valence electrons. The summed E-state index contributed by atoms with van der Waals surface area (Å²) in [6.45, 7) is 6.21. The molecule has 2 atom stereocenters. The quantitative estimate of drug-likeness (QED) is 0.609. The van der Waals surface area contributed by atoms with Crippen LogP contribution in [0.4, 0.5) is 0 Å². The summed E-state index contributed by atoms with van der Waals surface area (Å²) in [5.74, 6) is 0.187. The largest absolute Gasteiger partial charge is 0.328 e. The molecular weight excluding hydrogens is 223 g/mol. The molecule has 0 radical (unpaired) electrons. The second-order valence-electron chi connectivity index (χ2n) is 4.61. The molecule has 0 heterocycles. The maximum atomic E-state index is 11.5. The van der Waals surface area contributed by atoms with Crippen LogP contribution in [0.5, 0.6) is 0 Å². The Morgan fingerprint density at radius 1 is 1.00 bits per heavy atom. The molecular formula is C12H27O3P. The highest BCUT2D eigenvalue weighted by Crippen LogP contribution is 2.49. The number of rotatable bonds is 9. The van der Waals surface area contributed by atoms with Gasteiger partial charge in [0.2, 0.25) is 0 Å². The summed E-state index contributed by atoms with van der Waals surface area (Å²) in [6.07, 6.45) is 6.58. The summed E-state index contributed by atoms with van der Waals surface area (Å²) in [7, 11) is -3.92. The van der Waals surface area contributed by atoms with Crippen molar-refractivity contribution < 1.29 is 14.4 Å². The maximum absolute atomic E-state index is 11.5. The second-order valence-corrected chi connectivity index (χ2v) is 6.45. The Labute approximate surface area is 99.8 Å². The summed E-state index contributed by atoms with van der Waals surface area (Å²) >= 11 is 0. The summed E-state index contributed by atoms with van der Waals surface area (Å²) in [4.78, 5) is 18.8. The lowest BCUT2D eigenvalue weighted by Gasteiger charge is -2.27. The molecule has 0 rings (SSSR count). The van der Waals surface area contributed by atoms with Crippen molar-refractivity contribution >= 4 is 7.60 Å². The van der Waals surface area contributed by atoms with Crippen LogP contribution < -0.4 is 0 Å².